The molecule has 0 spiro atoms. The van der Waals surface area contributed by atoms with E-state index in [1.165, 1.54) is 5.56 Å². The van der Waals surface area contributed by atoms with Gasteiger partial charge < -0.3 is 9.80 Å². The van der Waals surface area contributed by atoms with Gasteiger partial charge in [-0.3, -0.25) is 9.36 Å². The molecule has 1 aromatic heterocycles. The van der Waals surface area contributed by atoms with Crippen LogP contribution in [0.1, 0.15) is 18.4 Å². The van der Waals surface area contributed by atoms with Gasteiger partial charge in [-0.1, -0.05) is 17.7 Å². The summed E-state index contributed by atoms with van der Waals surface area (Å²) in [7, 11) is 0. The number of hydrogen-bond acceptors (Lipinski definition) is 3. The summed E-state index contributed by atoms with van der Waals surface area (Å²) >= 11 is 5.67. The number of benzene rings is 1. The first kappa shape index (κ1) is 16.8. The summed E-state index contributed by atoms with van der Waals surface area (Å²) < 4.78 is 2.10. The first-order valence-corrected chi connectivity index (χ1v) is 8.91. The molecule has 6 heteroatoms. The van der Waals surface area contributed by atoms with Crippen molar-refractivity contribution >= 4 is 23.5 Å². The number of nitrogens with zero attached hydrogens (tertiary/aromatic N) is 4. The highest BCUT2D eigenvalue weighted by molar-refractivity contribution is 6.17. The third-order valence-corrected chi connectivity index (χ3v) is 4.64. The van der Waals surface area contributed by atoms with Crippen molar-refractivity contribution in [1.29, 1.82) is 0 Å². The van der Waals surface area contributed by atoms with Gasteiger partial charge in [0.05, 0.1) is 0 Å². The molecule has 1 fully saturated rings. The van der Waals surface area contributed by atoms with E-state index in [0.717, 1.165) is 44.2 Å². The van der Waals surface area contributed by atoms with Crippen LogP contribution in [0.15, 0.2) is 36.7 Å². The third kappa shape index (κ3) is 3.73. The predicted octanol–water partition coefficient (Wildman–Crippen LogP) is 2.85. The van der Waals surface area contributed by atoms with Crippen molar-refractivity contribution in [2.45, 2.75) is 19.8 Å². The van der Waals surface area contributed by atoms with E-state index in [-0.39, 0.29) is 5.91 Å². The number of rotatable bonds is 5. The molecule has 3 rings (SSSR count). The molecule has 0 saturated carbocycles. The number of halogens is 1. The Morgan fingerprint density at radius 3 is 2.54 bits per heavy atom. The van der Waals surface area contributed by atoms with E-state index in [4.69, 9.17) is 11.6 Å². The Hall–Kier alpha value is -2.01. The monoisotopic (exact) mass is 346 g/mol. The third-order valence-electron chi connectivity index (χ3n) is 4.37. The molecule has 0 bridgehead atoms. The molecule has 128 valence electrons. The number of anilines is 1. The predicted molar refractivity (Wildman–Crippen MR) is 97.0 cm³/mol. The van der Waals surface area contributed by atoms with Crippen molar-refractivity contribution in [1.82, 2.24) is 14.5 Å². The Kier molecular flexibility index (Phi) is 5.41. The maximum Gasteiger partial charge on any atom is 0.222 e. The minimum Gasteiger partial charge on any atom is -0.339 e. The van der Waals surface area contributed by atoms with Gasteiger partial charge in [0, 0.05) is 56.6 Å². The molecular weight excluding hydrogens is 324 g/mol. The van der Waals surface area contributed by atoms with Crippen LogP contribution in [-0.4, -0.2) is 52.4 Å². The number of amides is 1. The number of imidazole rings is 1. The summed E-state index contributed by atoms with van der Waals surface area (Å²) in [5.74, 6) is 1.68. The molecule has 0 unspecified atom stereocenters. The zero-order valence-electron chi connectivity index (χ0n) is 14.0. The zero-order valence-corrected chi connectivity index (χ0v) is 14.7. The summed E-state index contributed by atoms with van der Waals surface area (Å²) in [6, 6.07) is 8.41. The standard InChI is InChI=1S/C18H23ClN4O/c1-15-4-6-16(7-5-15)23-10-9-20-18(23)22-13-11-21(12-14-22)17(24)3-2-8-19/h4-7,9-10H,2-3,8,11-14H2,1H3. The second kappa shape index (κ2) is 7.71. The SMILES string of the molecule is Cc1ccc(-n2ccnc2N2CCN(C(=O)CCCCl)CC2)cc1. The number of carbonyl (C=O) groups is 1. The second-order valence-electron chi connectivity index (χ2n) is 6.09. The fraction of sp³-hybridized carbons (Fsp3) is 0.444. The van der Waals surface area contributed by atoms with Gasteiger partial charge in [-0.15, -0.1) is 11.6 Å². The van der Waals surface area contributed by atoms with Gasteiger partial charge in [0.15, 0.2) is 0 Å². The van der Waals surface area contributed by atoms with Gasteiger partial charge >= 0.3 is 0 Å². The lowest BCUT2D eigenvalue weighted by Crippen LogP contribution is -2.49. The number of alkyl halides is 1. The maximum absolute atomic E-state index is 12.1. The van der Waals surface area contributed by atoms with Gasteiger partial charge in [0.25, 0.3) is 0 Å². The molecule has 0 atom stereocenters. The maximum atomic E-state index is 12.1. The largest absolute Gasteiger partial charge is 0.339 e. The summed E-state index contributed by atoms with van der Waals surface area (Å²) in [4.78, 5) is 20.8. The second-order valence-corrected chi connectivity index (χ2v) is 6.47. The van der Waals surface area contributed by atoms with E-state index in [1.54, 1.807) is 0 Å². The minimum absolute atomic E-state index is 0.206. The molecule has 1 aromatic carbocycles. The molecule has 0 aliphatic carbocycles. The van der Waals surface area contributed by atoms with Gasteiger partial charge in [0.1, 0.15) is 0 Å². The van der Waals surface area contributed by atoms with E-state index in [9.17, 15) is 4.79 Å². The molecule has 1 aliphatic rings. The van der Waals surface area contributed by atoms with E-state index < -0.39 is 0 Å². The Balaban J connectivity index is 1.66. The first-order chi connectivity index (χ1) is 11.7. The Bertz CT molecular complexity index is 675. The minimum atomic E-state index is 0.206. The zero-order chi connectivity index (χ0) is 16.9. The lowest BCUT2D eigenvalue weighted by atomic mass is 10.2. The van der Waals surface area contributed by atoms with E-state index in [1.807, 2.05) is 17.3 Å². The van der Waals surface area contributed by atoms with Crippen LogP contribution in [0.4, 0.5) is 5.95 Å². The fourth-order valence-corrected chi connectivity index (χ4v) is 3.10. The van der Waals surface area contributed by atoms with Gasteiger partial charge in [-0.25, -0.2) is 4.98 Å². The first-order valence-electron chi connectivity index (χ1n) is 8.38. The van der Waals surface area contributed by atoms with E-state index in [0.29, 0.717) is 12.3 Å². The highest BCUT2D eigenvalue weighted by Gasteiger charge is 2.23. The summed E-state index contributed by atoms with van der Waals surface area (Å²) in [6.45, 7) is 5.16. The quantitative estimate of drug-likeness (QED) is 0.782. The number of carbonyl (C=O) groups excluding carboxylic acids is 1. The van der Waals surface area contributed by atoms with Crippen molar-refractivity contribution < 1.29 is 4.79 Å². The Morgan fingerprint density at radius 2 is 1.88 bits per heavy atom. The Labute approximate surface area is 147 Å². The van der Waals surface area contributed by atoms with Crippen molar-refractivity contribution in [3.8, 4) is 5.69 Å². The molecule has 1 saturated heterocycles. The highest BCUT2D eigenvalue weighted by Crippen LogP contribution is 2.20. The number of hydrogen-bond donors (Lipinski definition) is 0. The van der Waals surface area contributed by atoms with Crippen LogP contribution in [-0.2, 0) is 4.79 Å². The van der Waals surface area contributed by atoms with Crippen LogP contribution in [0, 0.1) is 6.92 Å². The molecule has 0 radical (unpaired) electrons. The number of aromatic nitrogens is 2. The lowest BCUT2D eigenvalue weighted by molar-refractivity contribution is -0.131. The molecular formula is C18H23ClN4O. The van der Waals surface area contributed by atoms with Crippen LogP contribution in [0.25, 0.3) is 5.69 Å². The summed E-state index contributed by atoms with van der Waals surface area (Å²) in [6.07, 6.45) is 5.10. The average molecular weight is 347 g/mol. The molecule has 5 nitrogen and oxygen atoms in total. The average Bonchev–Trinajstić information content (AvgIpc) is 3.10. The van der Waals surface area contributed by atoms with Crippen LogP contribution in [0.5, 0.6) is 0 Å². The van der Waals surface area contributed by atoms with E-state index >= 15 is 0 Å². The molecule has 1 aliphatic heterocycles. The van der Waals surface area contributed by atoms with Crippen LogP contribution >= 0.6 is 11.6 Å². The number of piperazine rings is 1. The normalized spacial score (nSPS) is 14.9. The van der Waals surface area contributed by atoms with Crippen LogP contribution in [0.3, 0.4) is 0 Å². The van der Waals surface area contributed by atoms with Crippen molar-refractivity contribution in [2.24, 2.45) is 0 Å². The van der Waals surface area contributed by atoms with Crippen LogP contribution in [0.2, 0.25) is 0 Å². The lowest BCUT2D eigenvalue weighted by Gasteiger charge is -2.35. The van der Waals surface area contributed by atoms with Crippen molar-refractivity contribution in [2.75, 3.05) is 37.0 Å². The van der Waals surface area contributed by atoms with Gasteiger partial charge in [-0.05, 0) is 25.5 Å². The fourth-order valence-electron chi connectivity index (χ4n) is 2.97. The summed E-state index contributed by atoms with van der Waals surface area (Å²) in [5.41, 5.74) is 2.35. The molecule has 2 aromatic rings. The highest BCUT2D eigenvalue weighted by atomic mass is 35.5. The van der Waals surface area contributed by atoms with Crippen molar-refractivity contribution in [3.63, 3.8) is 0 Å². The topological polar surface area (TPSA) is 41.4 Å². The molecule has 2 heterocycles. The number of aryl methyl sites for hydroxylation is 1. The molecule has 0 N–H and O–H groups in total. The molecule has 1 amide bonds. The Morgan fingerprint density at radius 1 is 1.17 bits per heavy atom. The van der Waals surface area contributed by atoms with Gasteiger partial charge in [-0.2, -0.15) is 0 Å². The van der Waals surface area contributed by atoms with E-state index in [2.05, 4.69) is 45.6 Å². The van der Waals surface area contributed by atoms with Crippen LogP contribution < -0.4 is 4.90 Å². The van der Waals surface area contributed by atoms with Crippen molar-refractivity contribution in [3.05, 3.63) is 42.2 Å². The summed E-state index contributed by atoms with van der Waals surface area (Å²) in [5, 5.41) is 0. The van der Waals surface area contributed by atoms with Gasteiger partial charge in [0.2, 0.25) is 11.9 Å². The molecule has 24 heavy (non-hydrogen) atoms. The smallest absolute Gasteiger partial charge is 0.222 e.